The van der Waals surface area contributed by atoms with Crippen LogP contribution in [0, 0.1) is 0 Å². The van der Waals surface area contributed by atoms with E-state index in [1.165, 1.54) is 11.1 Å². The Balaban J connectivity index is 2.10. The van der Waals surface area contributed by atoms with Crippen LogP contribution in [0.1, 0.15) is 11.1 Å². The maximum Gasteiger partial charge on any atom is 0.231 e. The summed E-state index contributed by atoms with van der Waals surface area (Å²) in [7, 11) is 0. The van der Waals surface area contributed by atoms with Crippen LogP contribution in [0.2, 0.25) is 0 Å². The second-order valence-corrected chi connectivity index (χ2v) is 3.75. The fraction of sp³-hybridized carbons (Fsp3) is 0.400. The minimum atomic E-state index is 0.367. The maximum absolute atomic E-state index is 5.32. The normalized spacial score (nSPS) is 19.2. The first-order valence-corrected chi connectivity index (χ1v) is 4.57. The Labute approximate surface area is 76.4 Å². The van der Waals surface area contributed by atoms with Gasteiger partial charge in [0.15, 0.2) is 11.5 Å². The van der Waals surface area contributed by atoms with Gasteiger partial charge in [-0.3, -0.25) is 0 Å². The molecule has 3 rings (SSSR count). The average Bonchev–Trinajstić information content (AvgIpc) is 2.63. The summed E-state index contributed by atoms with van der Waals surface area (Å²) in [4.78, 5) is 0. The van der Waals surface area contributed by atoms with Crippen LogP contribution in [0.25, 0.3) is 0 Å². The van der Waals surface area contributed by atoms with E-state index in [-0.39, 0.29) is 0 Å². The summed E-state index contributed by atoms with van der Waals surface area (Å²) in [6.07, 6.45) is 2.15. The van der Waals surface area contributed by atoms with E-state index in [9.17, 15) is 0 Å². The van der Waals surface area contributed by atoms with E-state index in [0.29, 0.717) is 12.8 Å². The number of quaternary nitrogens is 1. The molecule has 68 valence electrons. The van der Waals surface area contributed by atoms with Crippen molar-refractivity contribution in [3.05, 3.63) is 23.3 Å². The molecule has 0 aromatic heterocycles. The highest BCUT2D eigenvalue weighted by Gasteiger charge is 2.25. The Bertz CT molecular complexity index is 329. The molecule has 0 unspecified atom stereocenters. The first kappa shape index (κ1) is 7.21. The predicted octanol–water partition coefficient (Wildman–Crippen LogP) is 0.124. The van der Waals surface area contributed by atoms with Crippen molar-refractivity contribution in [2.24, 2.45) is 0 Å². The molecule has 0 saturated carbocycles. The van der Waals surface area contributed by atoms with Crippen molar-refractivity contribution in [2.75, 3.05) is 6.79 Å². The van der Waals surface area contributed by atoms with Gasteiger partial charge in [-0.25, -0.2) is 0 Å². The summed E-state index contributed by atoms with van der Waals surface area (Å²) in [6.45, 7) is 0.367. The summed E-state index contributed by atoms with van der Waals surface area (Å²) in [5.74, 6) is 1.79. The van der Waals surface area contributed by atoms with Gasteiger partial charge in [-0.1, -0.05) is 0 Å². The van der Waals surface area contributed by atoms with Crippen LogP contribution in [0.3, 0.4) is 0 Å². The molecule has 13 heavy (non-hydrogen) atoms. The molecule has 0 radical (unpaired) electrons. The zero-order valence-corrected chi connectivity index (χ0v) is 7.38. The molecule has 1 aliphatic heterocycles. The maximum atomic E-state index is 5.32. The van der Waals surface area contributed by atoms with Crippen molar-refractivity contribution >= 4 is 0 Å². The van der Waals surface area contributed by atoms with Crippen LogP contribution >= 0.6 is 0 Å². The molecule has 1 aliphatic carbocycles. The molecule has 3 nitrogen and oxygen atoms in total. The van der Waals surface area contributed by atoms with Crippen molar-refractivity contribution in [3.63, 3.8) is 0 Å². The highest BCUT2D eigenvalue weighted by atomic mass is 16.7. The van der Waals surface area contributed by atoms with E-state index in [4.69, 9.17) is 9.47 Å². The minimum Gasteiger partial charge on any atom is -0.454 e. The van der Waals surface area contributed by atoms with Gasteiger partial charge in [0, 0.05) is 12.8 Å². The Kier molecular flexibility index (Phi) is 1.32. The number of hydrogen-bond acceptors (Lipinski definition) is 2. The Morgan fingerprint density at radius 3 is 2.15 bits per heavy atom. The number of hydrogen-bond donors (Lipinski definition) is 1. The Hall–Kier alpha value is -1.22. The molecule has 0 amide bonds. The van der Waals surface area contributed by atoms with Crippen LogP contribution in [0.5, 0.6) is 11.5 Å². The van der Waals surface area contributed by atoms with Crippen molar-refractivity contribution in [2.45, 2.75) is 18.9 Å². The zero-order chi connectivity index (χ0) is 8.84. The van der Waals surface area contributed by atoms with Crippen LogP contribution in [-0.4, -0.2) is 12.8 Å². The molecule has 0 atom stereocenters. The van der Waals surface area contributed by atoms with E-state index >= 15 is 0 Å². The third kappa shape index (κ3) is 1.00. The second kappa shape index (κ2) is 2.39. The van der Waals surface area contributed by atoms with Crippen LogP contribution < -0.4 is 15.2 Å². The number of fused-ring (bicyclic) bond motifs is 2. The highest BCUT2D eigenvalue weighted by Crippen LogP contribution is 2.37. The van der Waals surface area contributed by atoms with E-state index in [2.05, 4.69) is 17.9 Å². The van der Waals surface area contributed by atoms with Crippen molar-refractivity contribution in [3.8, 4) is 11.5 Å². The van der Waals surface area contributed by atoms with Crippen LogP contribution in [0.4, 0.5) is 0 Å². The summed E-state index contributed by atoms with van der Waals surface area (Å²) in [5.41, 5.74) is 6.83. The van der Waals surface area contributed by atoms with Gasteiger partial charge >= 0.3 is 0 Å². The fourth-order valence-corrected chi connectivity index (χ4v) is 2.10. The standard InChI is InChI=1S/C10H11NO2/c11-8-1-6-3-9-10(13-5-12-9)4-7(6)2-8/h3-4,8H,1-2,5,11H2/p+1. The molecule has 1 heterocycles. The van der Waals surface area contributed by atoms with E-state index < -0.39 is 0 Å². The molecule has 0 fully saturated rings. The first-order chi connectivity index (χ1) is 6.33. The van der Waals surface area contributed by atoms with Crippen molar-refractivity contribution in [1.29, 1.82) is 0 Å². The van der Waals surface area contributed by atoms with E-state index in [0.717, 1.165) is 24.3 Å². The molecule has 3 N–H and O–H groups in total. The van der Waals surface area contributed by atoms with Crippen molar-refractivity contribution in [1.82, 2.24) is 0 Å². The third-order valence-corrected chi connectivity index (χ3v) is 2.71. The lowest BCUT2D eigenvalue weighted by molar-refractivity contribution is -0.416. The summed E-state index contributed by atoms with van der Waals surface area (Å²) >= 11 is 0. The van der Waals surface area contributed by atoms with Gasteiger partial charge in [0.05, 0.1) is 6.04 Å². The lowest BCUT2D eigenvalue weighted by atomic mass is 10.1. The van der Waals surface area contributed by atoms with E-state index in [1.807, 2.05) is 0 Å². The number of ether oxygens (including phenoxy) is 2. The van der Waals surface area contributed by atoms with Crippen molar-refractivity contribution < 1.29 is 15.2 Å². The van der Waals surface area contributed by atoms with Crippen LogP contribution in [0.15, 0.2) is 12.1 Å². The minimum absolute atomic E-state index is 0.367. The lowest BCUT2D eigenvalue weighted by Gasteiger charge is -1.99. The number of rotatable bonds is 0. The van der Waals surface area contributed by atoms with Gasteiger partial charge in [-0.2, -0.15) is 0 Å². The average molecular weight is 178 g/mol. The quantitative estimate of drug-likeness (QED) is 0.613. The van der Waals surface area contributed by atoms with Gasteiger partial charge in [0.1, 0.15) is 0 Å². The molecule has 0 spiro atoms. The summed E-state index contributed by atoms with van der Waals surface area (Å²) < 4.78 is 10.6. The largest absolute Gasteiger partial charge is 0.454 e. The summed E-state index contributed by atoms with van der Waals surface area (Å²) in [5, 5.41) is 0. The Morgan fingerprint density at radius 2 is 1.62 bits per heavy atom. The molecular weight excluding hydrogens is 166 g/mol. The van der Waals surface area contributed by atoms with Gasteiger partial charge in [0.25, 0.3) is 0 Å². The predicted molar refractivity (Wildman–Crippen MR) is 46.6 cm³/mol. The zero-order valence-electron chi connectivity index (χ0n) is 7.38. The van der Waals surface area contributed by atoms with Gasteiger partial charge in [-0.05, 0) is 23.3 Å². The highest BCUT2D eigenvalue weighted by molar-refractivity contribution is 5.50. The molecule has 0 bridgehead atoms. The van der Waals surface area contributed by atoms with Gasteiger partial charge in [0.2, 0.25) is 6.79 Å². The molecule has 2 aliphatic rings. The molecule has 1 aromatic carbocycles. The number of benzene rings is 1. The molecule has 1 aromatic rings. The van der Waals surface area contributed by atoms with Gasteiger partial charge < -0.3 is 15.2 Å². The molecule has 0 saturated heterocycles. The fourth-order valence-electron chi connectivity index (χ4n) is 2.10. The van der Waals surface area contributed by atoms with Crippen LogP contribution in [-0.2, 0) is 12.8 Å². The Morgan fingerprint density at radius 1 is 1.08 bits per heavy atom. The van der Waals surface area contributed by atoms with Gasteiger partial charge in [-0.15, -0.1) is 0 Å². The topological polar surface area (TPSA) is 46.1 Å². The summed E-state index contributed by atoms with van der Waals surface area (Å²) in [6, 6.07) is 4.73. The SMILES string of the molecule is [NH3+]C1Cc2cc3c(cc2C1)OCO3. The third-order valence-electron chi connectivity index (χ3n) is 2.71. The lowest BCUT2D eigenvalue weighted by Crippen LogP contribution is -2.61. The monoisotopic (exact) mass is 178 g/mol. The molecule has 3 heteroatoms. The second-order valence-electron chi connectivity index (χ2n) is 3.75. The first-order valence-electron chi connectivity index (χ1n) is 4.57. The smallest absolute Gasteiger partial charge is 0.231 e. The van der Waals surface area contributed by atoms with E-state index in [1.54, 1.807) is 0 Å². The molecular formula is C10H12NO2+.